The zero-order valence-electron chi connectivity index (χ0n) is 12.1. The van der Waals surface area contributed by atoms with Gasteiger partial charge in [-0.15, -0.1) is 0 Å². The topological polar surface area (TPSA) is 61.6 Å². The number of nitrogens with zero attached hydrogens (tertiary/aromatic N) is 1. The first-order valence-corrected chi connectivity index (χ1v) is 6.53. The maximum atomic E-state index is 12.0. The quantitative estimate of drug-likeness (QED) is 0.724. The van der Waals surface area contributed by atoms with Gasteiger partial charge in [0, 0.05) is 0 Å². The van der Waals surface area contributed by atoms with Crippen LogP contribution in [0.3, 0.4) is 0 Å². The second-order valence-electron chi connectivity index (χ2n) is 4.81. The minimum atomic E-state index is -4.42. The third-order valence-electron chi connectivity index (χ3n) is 2.30. The Balaban J connectivity index is 2.79. The number of rotatable bonds is 7. The van der Waals surface area contributed by atoms with E-state index in [9.17, 15) is 18.0 Å². The van der Waals surface area contributed by atoms with Crippen molar-refractivity contribution in [1.29, 1.82) is 0 Å². The zero-order valence-corrected chi connectivity index (χ0v) is 12.1. The first kappa shape index (κ1) is 17.5. The molecule has 1 aromatic heterocycles. The molecule has 1 heterocycles. The summed E-state index contributed by atoms with van der Waals surface area (Å²) in [5.41, 5.74) is 0.369. The van der Waals surface area contributed by atoms with E-state index in [1.54, 1.807) is 6.92 Å². The van der Waals surface area contributed by atoms with Gasteiger partial charge in [0.1, 0.15) is 13.2 Å². The summed E-state index contributed by atoms with van der Waals surface area (Å²) in [7, 11) is 0. The Morgan fingerprint density at radius 1 is 1.38 bits per heavy atom. The molecule has 5 nitrogen and oxygen atoms in total. The number of carbonyl (C=O) groups excluding carboxylic acids is 1. The summed E-state index contributed by atoms with van der Waals surface area (Å²) < 4.78 is 50.4. The van der Waals surface area contributed by atoms with Gasteiger partial charge in [-0.25, -0.2) is 9.78 Å². The molecule has 0 bridgehead atoms. The van der Waals surface area contributed by atoms with E-state index in [1.807, 2.05) is 13.8 Å². The van der Waals surface area contributed by atoms with Crippen molar-refractivity contribution in [2.45, 2.75) is 40.0 Å². The number of hydrogen-bond donors (Lipinski definition) is 0. The summed E-state index contributed by atoms with van der Waals surface area (Å²) in [5, 5.41) is 0. The molecule has 0 unspecified atom stereocenters. The van der Waals surface area contributed by atoms with E-state index in [0.29, 0.717) is 12.1 Å². The standard InChI is InChI=1S/C13H18F3NO4/c1-4-20-12(18)11-9(5-8(2)3)17-10(21-11)6-19-7-13(14,15)16/h8H,4-7H2,1-3H3. The molecule has 0 aliphatic heterocycles. The number of oxazole rings is 1. The SMILES string of the molecule is CCOC(=O)c1oc(COCC(F)(F)F)nc1CC(C)C. The average Bonchev–Trinajstić information content (AvgIpc) is 2.70. The molecule has 0 saturated carbocycles. The van der Waals surface area contributed by atoms with E-state index in [1.165, 1.54) is 0 Å². The Labute approximate surface area is 120 Å². The van der Waals surface area contributed by atoms with Crippen molar-refractivity contribution in [3.05, 3.63) is 17.3 Å². The maximum absolute atomic E-state index is 12.0. The van der Waals surface area contributed by atoms with E-state index in [4.69, 9.17) is 9.15 Å². The van der Waals surface area contributed by atoms with Gasteiger partial charge in [0.2, 0.25) is 11.7 Å². The third-order valence-corrected chi connectivity index (χ3v) is 2.30. The third kappa shape index (κ3) is 6.16. The van der Waals surface area contributed by atoms with Crippen LogP contribution in [0.25, 0.3) is 0 Å². The van der Waals surface area contributed by atoms with Crippen LogP contribution in [0.2, 0.25) is 0 Å². The fraction of sp³-hybridized carbons (Fsp3) is 0.692. The van der Waals surface area contributed by atoms with Crippen LogP contribution >= 0.6 is 0 Å². The van der Waals surface area contributed by atoms with Crippen LogP contribution in [0.15, 0.2) is 4.42 Å². The summed E-state index contributed by atoms with van der Waals surface area (Å²) in [6.07, 6.45) is -3.96. The highest BCUT2D eigenvalue weighted by molar-refractivity contribution is 5.87. The second kappa shape index (κ2) is 7.44. The van der Waals surface area contributed by atoms with E-state index < -0.39 is 25.4 Å². The molecule has 0 amide bonds. The summed E-state index contributed by atoms with van der Waals surface area (Å²) >= 11 is 0. The Kier molecular flexibility index (Phi) is 6.19. The normalized spacial score (nSPS) is 12.0. The number of ether oxygens (including phenoxy) is 2. The average molecular weight is 309 g/mol. The molecule has 21 heavy (non-hydrogen) atoms. The number of carbonyl (C=O) groups is 1. The molecule has 0 spiro atoms. The Morgan fingerprint density at radius 3 is 2.57 bits per heavy atom. The van der Waals surface area contributed by atoms with Gasteiger partial charge >= 0.3 is 12.1 Å². The van der Waals surface area contributed by atoms with Crippen LogP contribution in [0.5, 0.6) is 0 Å². The lowest BCUT2D eigenvalue weighted by molar-refractivity contribution is -0.177. The molecule has 0 aliphatic carbocycles. The van der Waals surface area contributed by atoms with Gasteiger partial charge < -0.3 is 13.9 Å². The van der Waals surface area contributed by atoms with Gasteiger partial charge in [-0.1, -0.05) is 13.8 Å². The van der Waals surface area contributed by atoms with Gasteiger partial charge in [0.15, 0.2) is 0 Å². The lowest BCUT2D eigenvalue weighted by atomic mass is 10.1. The van der Waals surface area contributed by atoms with Crippen molar-refractivity contribution in [2.24, 2.45) is 5.92 Å². The first-order valence-electron chi connectivity index (χ1n) is 6.53. The molecule has 1 aromatic rings. The van der Waals surface area contributed by atoms with Crippen LogP contribution in [0.4, 0.5) is 13.2 Å². The monoisotopic (exact) mass is 309 g/mol. The van der Waals surface area contributed by atoms with Gasteiger partial charge in [-0.2, -0.15) is 13.2 Å². The summed E-state index contributed by atoms with van der Waals surface area (Å²) in [6, 6.07) is 0. The molecule has 0 N–H and O–H groups in total. The van der Waals surface area contributed by atoms with Crippen LogP contribution in [-0.2, 0) is 22.5 Å². The van der Waals surface area contributed by atoms with Crippen LogP contribution in [-0.4, -0.2) is 30.3 Å². The highest BCUT2D eigenvalue weighted by Gasteiger charge is 2.28. The van der Waals surface area contributed by atoms with Gasteiger partial charge in [-0.3, -0.25) is 0 Å². The molecule has 8 heteroatoms. The minimum absolute atomic E-state index is 0.0713. The van der Waals surface area contributed by atoms with Crippen molar-refractivity contribution < 1.29 is 31.9 Å². The van der Waals surface area contributed by atoms with E-state index in [2.05, 4.69) is 9.72 Å². The summed E-state index contributed by atoms with van der Waals surface area (Å²) in [5.74, 6) is -0.621. The van der Waals surface area contributed by atoms with E-state index >= 15 is 0 Å². The fourth-order valence-electron chi connectivity index (χ4n) is 1.60. The molecular formula is C13H18F3NO4. The lowest BCUT2D eigenvalue weighted by Gasteiger charge is -2.04. The molecule has 0 fully saturated rings. The number of halogens is 3. The van der Waals surface area contributed by atoms with Crippen LogP contribution < -0.4 is 0 Å². The van der Waals surface area contributed by atoms with Crippen LogP contribution in [0.1, 0.15) is 42.9 Å². The highest BCUT2D eigenvalue weighted by atomic mass is 19.4. The van der Waals surface area contributed by atoms with Crippen LogP contribution in [0, 0.1) is 5.92 Å². The van der Waals surface area contributed by atoms with Crippen molar-refractivity contribution >= 4 is 5.97 Å². The summed E-state index contributed by atoms with van der Waals surface area (Å²) in [6.45, 7) is 3.80. The highest BCUT2D eigenvalue weighted by Crippen LogP contribution is 2.19. The number of esters is 1. The predicted molar refractivity (Wildman–Crippen MR) is 66.7 cm³/mol. The molecule has 0 aliphatic rings. The van der Waals surface area contributed by atoms with Crippen molar-refractivity contribution in [3.63, 3.8) is 0 Å². The number of hydrogen-bond acceptors (Lipinski definition) is 5. The zero-order chi connectivity index (χ0) is 16.0. The van der Waals surface area contributed by atoms with Gasteiger partial charge in [-0.05, 0) is 19.3 Å². The molecule has 0 aromatic carbocycles. The second-order valence-corrected chi connectivity index (χ2v) is 4.81. The number of aromatic nitrogens is 1. The summed E-state index contributed by atoms with van der Waals surface area (Å²) in [4.78, 5) is 15.7. The predicted octanol–water partition coefficient (Wildman–Crippen LogP) is 3.13. The Morgan fingerprint density at radius 2 is 2.05 bits per heavy atom. The molecule has 0 saturated heterocycles. The van der Waals surface area contributed by atoms with Crippen molar-refractivity contribution in [1.82, 2.24) is 4.98 Å². The Hall–Kier alpha value is -1.57. The van der Waals surface area contributed by atoms with Gasteiger partial charge in [0.25, 0.3) is 0 Å². The maximum Gasteiger partial charge on any atom is 0.411 e. The lowest BCUT2D eigenvalue weighted by Crippen LogP contribution is -2.16. The molecule has 120 valence electrons. The van der Waals surface area contributed by atoms with Crippen molar-refractivity contribution in [2.75, 3.05) is 13.2 Å². The van der Waals surface area contributed by atoms with Crippen molar-refractivity contribution in [3.8, 4) is 0 Å². The minimum Gasteiger partial charge on any atom is -0.460 e. The largest absolute Gasteiger partial charge is 0.460 e. The molecule has 1 rings (SSSR count). The molecular weight excluding hydrogens is 291 g/mol. The molecule has 0 atom stereocenters. The smallest absolute Gasteiger partial charge is 0.411 e. The number of alkyl halides is 3. The Bertz CT molecular complexity index is 468. The molecule has 0 radical (unpaired) electrons. The first-order chi connectivity index (χ1) is 9.73. The van der Waals surface area contributed by atoms with Gasteiger partial charge in [0.05, 0.1) is 12.3 Å². The fourth-order valence-corrected chi connectivity index (χ4v) is 1.60. The van der Waals surface area contributed by atoms with E-state index in [-0.39, 0.29) is 24.2 Å². The van der Waals surface area contributed by atoms with E-state index in [0.717, 1.165) is 0 Å².